The van der Waals surface area contributed by atoms with Crippen molar-refractivity contribution in [2.24, 2.45) is 5.92 Å². The van der Waals surface area contributed by atoms with Crippen LogP contribution in [0.4, 0.5) is 0 Å². The minimum atomic E-state index is 0.158. The van der Waals surface area contributed by atoms with E-state index in [1.54, 1.807) is 7.11 Å². The van der Waals surface area contributed by atoms with Crippen LogP contribution in [0.3, 0.4) is 0 Å². The van der Waals surface area contributed by atoms with E-state index in [-0.39, 0.29) is 5.41 Å². The first-order chi connectivity index (χ1) is 13.9. The molecule has 4 heterocycles. The van der Waals surface area contributed by atoms with Crippen molar-refractivity contribution in [1.29, 1.82) is 0 Å². The molecule has 1 atom stereocenters. The van der Waals surface area contributed by atoms with E-state index in [9.17, 15) is 0 Å². The van der Waals surface area contributed by atoms with Gasteiger partial charge in [-0.1, -0.05) is 32.9 Å². The number of rotatable bonds is 1. The van der Waals surface area contributed by atoms with Gasteiger partial charge >= 0.3 is 0 Å². The quantitative estimate of drug-likeness (QED) is 0.519. The molecule has 0 amide bonds. The van der Waals surface area contributed by atoms with Gasteiger partial charge in [-0.05, 0) is 41.5 Å². The summed E-state index contributed by atoms with van der Waals surface area (Å²) >= 11 is 0. The molecule has 0 saturated carbocycles. The monoisotopic (exact) mass is 389 g/mol. The van der Waals surface area contributed by atoms with Crippen LogP contribution in [-0.2, 0) is 16.6 Å². The molecule has 4 heteroatoms. The molecule has 0 aromatic heterocycles. The predicted octanol–water partition coefficient (Wildman–Crippen LogP) is 4.57. The molecule has 4 nitrogen and oxygen atoms in total. The maximum Gasteiger partial charge on any atom is 0.166 e. The summed E-state index contributed by atoms with van der Waals surface area (Å²) in [6, 6.07) is 6.76. The van der Waals surface area contributed by atoms with Crippen molar-refractivity contribution in [2.75, 3.05) is 26.7 Å². The minimum absolute atomic E-state index is 0.158. The van der Waals surface area contributed by atoms with Crippen LogP contribution in [-0.4, -0.2) is 36.3 Å². The third kappa shape index (κ3) is 2.42. The van der Waals surface area contributed by atoms with E-state index in [4.69, 9.17) is 9.47 Å². The van der Waals surface area contributed by atoms with Gasteiger partial charge in [0.2, 0.25) is 0 Å². The Balaban J connectivity index is 1.39. The Kier molecular flexibility index (Phi) is 3.34. The molecule has 1 fully saturated rings. The van der Waals surface area contributed by atoms with E-state index in [1.165, 1.54) is 41.2 Å². The third-order valence-electron chi connectivity index (χ3n) is 7.19. The highest BCUT2D eigenvalue weighted by atomic mass is 16.5. The first-order valence-electron chi connectivity index (χ1n) is 10.8. The number of nitrogens with zero attached hydrogens (tertiary/aromatic N) is 2. The second-order valence-corrected chi connectivity index (χ2v) is 9.98. The third-order valence-corrected chi connectivity index (χ3v) is 7.19. The number of fused-ring (bicyclic) bond motifs is 6. The number of ether oxygens (including phenoxy) is 2. The summed E-state index contributed by atoms with van der Waals surface area (Å²) < 4.78 is 13.0. The van der Waals surface area contributed by atoms with Crippen molar-refractivity contribution in [3.63, 3.8) is 0 Å². The van der Waals surface area contributed by atoms with Crippen LogP contribution in [0.15, 0.2) is 64.9 Å². The van der Waals surface area contributed by atoms with Gasteiger partial charge in [-0.3, -0.25) is 0 Å². The van der Waals surface area contributed by atoms with Crippen molar-refractivity contribution in [2.45, 2.75) is 39.0 Å². The van der Waals surface area contributed by atoms with Crippen LogP contribution in [0.1, 0.15) is 38.3 Å². The highest BCUT2D eigenvalue weighted by Crippen LogP contribution is 2.53. The zero-order valence-electron chi connectivity index (χ0n) is 17.8. The summed E-state index contributed by atoms with van der Waals surface area (Å²) in [6.07, 6.45) is 8.91. The SMILES string of the molecule is COC1=CCN2C(=C1)C1=C(C=C3Oc4ccc(C(C)(C)C)cc4CC3C1)[N+]21CC1. The fraction of sp³-hybridized carbons (Fsp3) is 0.440. The molecule has 0 radical (unpaired) electrons. The molecular formula is C25H29N2O2+. The average Bonchev–Trinajstić information content (AvgIpc) is 3.46. The summed E-state index contributed by atoms with van der Waals surface area (Å²) in [4.78, 5) is 0. The van der Waals surface area contributed by atoms with E-state index >= 15 is 0 Å². The molecule has 0 N–H and O–H groups in total. The summed E-state index contributed by atoms with van der Waals surface area (Å²) in [5.41, 5.74) is 7.20. The van der Waals surface area contributed by atoms with Gasteiger partial charge in [0.1, 0.15) is 23.0 Å². The predicted molar refractivity (Wildman–Crippen MR) is 113 cm³/mol. The lowest BCUT2D eigenvalue weighted by Crippen LogP contribution is -2.40. The van der Waals surface area contributed by atoms with Gasteiger partial charge in [-0.2, -0.15) is 4.59 Å². The second kappa shape index (κ2) is 5.57. The Labute approximate surface area is 173 Å². The summed E-state index contributed by atoms with van der Waals surface area (Å²) in [7, 11) is 1.77. The maximum absolute atomic E-state index is 6.47. The zero-order valence-corrected chi connectivity index (χ0v) is 17.8. The molecule has 29 heavy (non-hydrogen) atoms. The Morgan fingerprint density at radius 3 is 2.69 bits per heavy atom. The van der Waals surface area contributed by atoms with Gasteiger partial charge in [-0.25, -0.2) is 5.01 Å². The van der Waals surface area contributed by atoms with Crippen molar-refractivity contribution >= 4 is 0 Å². The molecular weight excluding hydrogens is 360 g/mol. The highest BCUT2D eigenvalue weighted by molar-refractivity contribution is 5.51. The van der Waals surface area contributed by atoms with E-state index in [0.29, 0.717) is 5.92 Å². The van der Waals surface area contributed by atoms with Gasteiger partial charge in [0.15, 0.2) is 18.8 Å². The fourth-order valence-electron chi connectivity index (χ4n) is 5.38. The standard InChI is InChI=1S/C25H29N2O2/c1-25(2,3)18-5-6-23-16(12-18)11-17-13-20-21-14-19(28-4)7-8-26(21)27(9-10-27)22(20)15-24(17)29-23/h5-7,12,14-15,17H,8-11,13H2,1-4H3/q+1. The lowest BCUT2D eigenvalue weighted by Gasteiger charge is -2.31. The highest BCUT2D eigenvalue weighted by Gasteiger charge is 2.60. The average molecular weight is 390 g/mol. The number of methoxy groups -OCH3 is 1. The number of allylic oxidation sites excluding steroid dienone is 4. The zero-order chi connectivity index (χ0) is 20.0. The Bertz CT molecular complexity index is 1050. The maximum atomic E-state index is 6.47. The molecule has 1 aromatic rings. The number of quaternary nitrogens is 1. The van der Waals surface area contributed by atoms with Crippen LogP contribution >= 0.6 is 0 Å². The Morgan fingerprint density at radius 2 is 1.97 bits per heavy atom. The summed E-state index contributed by atoms with van der Waals surface area (Å²) in [6.45, 7) is 10.1. The van der Waals surface area contributed by atoms with Crippen LogP contribution in [0.25, 0.3) is 0 Å². The van der Waals surface area contributed by atoms with Gasteiger partial charge < -0.3 is 9.47 Å². The molecule has 1 aliphatic carbocycles. The Morgan fingerprint density at radius 1 is 1.14 bits per heavy atom. The molecule has 1 unspecified atom stereocenters. The number of hydrogen-bond acceptors (Lipinski definition) is 3. The van der Waals surface area contributed by atoms with E-state index in [0.717, 1.165) is 41.2 Å². The summed E-state index contributed by atoms with van der Waals surface area (Å²) in [5, 5.41) is 2.55. The molecule has 150 valence electrons. The molecule has 1 spiro atoms. The van der Waals surface area contributed by atoms with Crippen molar-refractivity contribution in [3.05, 3.63) is 76.0 Å². The lowest BCUT2D eigenvalue weighted by molar-refractivity contribution is -0.872. The molecule has 6 rings (SSSR count). The lowest BCUT2D eigenvalue weighted by atomic mass is 9.80. The van der Waals surface area contributed by atoms with E-state index in [2.05, 4.69) is 62.2 Å². The molecule has 5 aliphatic rings. The van der Waals surface area contributed by atoms with E-state index in [1.807, 2.05) is 0 Å². The van der Waals surface area contributed by atoms with Crippen molar-refractivity contribution in [3.8, 4) is 5.75 Å². The number of benzene rings is 1. The molecule has 0 bridgehead atoms. The minimum Gasteiger partial charge on any atom is -0.497 e. The summed E-state index contributed by atoms with van der Waals surface area (Å²) in [5.74, 6) is 3.61. The topological polar surface area (TPSA) is 21.7 Å². The van der Waals surface area contributed by atoms with Crippen LogP contribution in [0, 0.1) is 5.92 Å². The first kappa shape index (κ1) is 17.4. The van der Waals surface area contributed by atoms with Gasteiger partial charge in [0.05, 0.1) is 13.7 Å². The van der Waals surface area contributed by atoms with Crippen LogP contribution in [0.5, 0.6) is 5.75 Å². The number of hydrogen-bond donors (Lipinski definition) is 0. The smallest absolute Gasteiger partial charge is 0.166 e. The Hall–Kier alpha value is -2.46. The van der Waals surface area contributed by atoms with Gasteiger partial charge in [0, 0.05) is 23.6 Å². The fourth-order valence-corrected chi connectivity index (χ4v) is 5.38. The van der Waals surface area contributed by atoms with Gasteiger partial charge in [-0.15, -0.1) is 0 Å². The molecule has 4 aliphatic heterocycles. The van der Waals surface area contributed by atoms with Crippen molar-refractivity contribution in [1.82, 2.24) is 5.01 Å². The van der Waals surface area contributed by atoms with Crippen molar-refractivity contribution < 1.29 is 14.1 Å². The molecule has 1 aromatic carbocycles. The second-order valence-electron chi connectivity index (χ2n) is 9.98. The largest absolute Gasteiger partial charge is 0.497 e. The molecule has 1 saturated heterocycles. The van der Waals surface area contributed by atoms with Crippen LogP contribution < -0.4 is 4.74 Å². The normalized spacial score (nSPS) is 25.9. The first-order valence-corrected chi connectivity index (χ1v) is 10.8. The van der Waals surface area contributed by atoms with Crippen LogP contribution in [0.2, 0.25) is 0 Å². The van der Waals surface area contributed by atoms with Gasteiger partial charge in [0.25, 0.3) is 0 Å². The van der Waals surface area contributed by atoms with E-state index < -0.39 is 0 Å².